The van der Waals surface area contributed by atoms with Gasteiger partial charge in [-0.15, -0.1) is 0 Å². The van der Waals surface area contributed by atoms with E-state index in [0.29, 0.717) is 13.1 Å². The number of fused-ring (bicyclic) bond motifs is 1. The minimum Gasteiger partial charge on any atom is -0.355 e. The number of carbonyl (C=O) groups excluding carboxylic acids is 2. The van der Waals surface area contributed by atoms with E-state index in [2.05, 4.69) is 10.6 Å². The van der Waals surface area contributed by atoms with Gasteiger partial charge in [0.05, 0.1) is 6.04 Å². The average Bonchev–Trinajstić information content (AvgIpc) is 2.64. The molecule has 96 valence electrons. The van der Waals surface area contributed by atoms with Crippen molar-refractivity contribution in [3.8, 4) is 0 Å². The number of rotatable bonds is 4. The fraction of sp³-hybridized carbons (Fsp3) is 0.818. The van der Waals surface area contributed by atoms with Crippen LogP contribution in [-0.4, -0.2) is 67.0 Å². The van der Waals surface area contributed by atoms with Crippen molar-refractivity contribution in [1.82, 2.24) is 20.4 Å². The van der Waals surface area contributed by atoms with E-state index in [-0.39, 0.29) is 24.5 Å². The molecule has 2 fully saturated rings. The van der Waals surface area contributed by atoms with Crippen LogP contribution in [0.4, 0.5) is 4.79 Å². The number of hydrogen-bond acceptors (Lipinski definition) is 3. The highest BCUT2D eigenvalue weighted by Gasteiger charge is 2.38. The maximum absolute atomic E-state index is 12.0. The van der Waals surface area contributed by atoms with E-state index in [1.807, 2.05) is 11.8 Å². The fourth-order valence-electron chi connectivity index (χ4n) is 2.32. The quantitative estimate of drug-likeness (QED) is 0.677. The minimum atomic E-state index is -0.0620. The van der Waals surface area contributed by atoms with Crippen LogP contribution in [0.25, 0.3) is 0 Å². The van der Waals surface area contributed by atoms with Gasteiger partial charge in [0.15, 0.2) is 0 Å². The number of urea groups is 1. The first-order chi connectivity index (χ1) is 8.22. The lowest BCUT2D eigenvalue weighted by molar-refractivity contribution is -0.121. The highest BCUT2D eigenvalue weighted by Crippen LogP contribution is 2.16. The van der Waals surface area contributed by atoms with E-state index in [0.717, 1.165) is 26.1 Å². The van der Waals surface area contributed by atoms with Crippen LogP contribution in [0.1, 0.15) is 13.3 Å². The van der Waals surface area contributed by atoms with Crippen LogP contribution in [0.3, 0.4) is 0 Å². The first kappa shape index (κ1) is 12.2. The fourth-order valence-corrected chi connectivity index (χ4v) is 2.32. The highest BCUT2D eigenvalue weighted by atomic mass is 16.2. The largest absolute Gasteiger partial charge is 0.355 e. The molecule has 0 aromatic rings. The van der Waals surface area contributed by atoms with Crippen LogP contribution >= 0.6 is 0 Å². The maximum Gasteiger partial charge on any atom is 0.320 e. The monoisotopic (exact) mass is 240 g/mol. The Morgan fingerprint density at radius 1 is 1.59 bits per heavy atom. The third-order valence-electron chi connectivity index (χ3n) is 3.20. The van der Waals surface area contributed by atoms with E-state index >= 15 is 0 Å². The van der Waals surface area contributed by atoms with E-state index in [9.17, 15) is 9.59 Å². The van der Waals surface area contributed by atoms with Gasteiger partial charge in [0.25, 0.3) is 0 Å². The van der Waals surface area contributed by atoms with Crippen LogP contribution in [0, 0.1) is 0 Å². The summed E-state index contributed by atoms with van der Waals surface area (Å²) in [5, 5.41) is 6.06. The Morgan fingerprint density at radius 3 is 3.12 bits per heavy atom. The third kappa shape index (κ3) is 2.69. The molecule has 2 saturated heterocycles. The van der Waals surface area contributed by atoms with Gasteiger partial charge in [0, 0.05) is 32.7 Å². The molecule has 2 heterocycles. The Kier molecular flexibility index (Phi) is 3.83. The molecule has 0 radical (unpaired) electrons. The molecule has 1 unspecified atom stereocenters. The first-order valence-electron chi connectivity index (χ1n) is 6.25. The smallest absolute Gasteiger partial charge is 0.320 e. The van der Waals surface area contributed by atoms with Crippen molar-refractivity contribution in [3.63, 3.8) is 0 Å². The van der Waals surface area contributed by atoms with Crippen molar-refractivity contribution in [1.29, 1.82) is 0 Å². The Bertz CT molecular complexity index is 308. The second-order valence-corrected chi connectivity index (χ2v) is 4.56. The summed E-state index contributed by atoms with van der Waals surface area (Å²) in [6.45, 7) is 5.95. The highest BCUT2D eigenvalue weighted by molar-refractivity contribution is 5.85. The molecule has 2 aliphatic heterocycles. The van der Waals surface area contributed by atoms with Gasteiger partial charge in [-0.05, 0) is 6.42 Å². The Labute approximate surface area is 101 Å². The molecule has 0 saturated carbocycles. The lowest BCUT2D eigenvalue weighted by atomic mass is 10.2. The second-order valence-electron chi connectivity index (χ2n) is 4.56. The van der Waals surface area contributed by atoms with Gasteiger partial charge in [0.1, 0.15) is 6.54 Å². The van der Waals surface area contributed by atoms with Gasteiger partial charge in [-0.3, -0.25) is 4.79 Å². The van der Waals surface area contributed by atoms with Crippen LogP contribution in [0.5, 0.6) is 0 Å². The van der Waals surface area contributed by atoms with Gasteiger partial charge in [-0.1, -0.05) is 6.92 Å². The summed E-state index contributed by atoms with van der Waals surface area (Å²) < 4.78 is 0. The first-order valence-corrected chi connectivity index (χ1v) is 6.25. The van der Waals surface area contributed by atoms with E-state index < -0.39 is 0 Å². The maximum atomic E-state index is 12.0. The normalized spacial score (nSPS) is 23.8. The lowest BCUT2D eigenvalue weighted by Gasteiger charge is -2.28. The van der Waals surface area contributed by atoms with Crippen LogP contribution in [-0.2, 0) is 4.79 Å². The van der Waals surface area contributed by atoms with Gasteiger partial charge in [-0.2, -0.15) is 0 Å². The minimum absolute atomic E-state index is 0.00292. The van der Waals surface area contributed by atoms with Crippen molar-refractivity contribution in [2.24, 2.45) is 0 Å². The predicted octanol–water partition coefficient (Wildman–Crippen LogP) is -0.778. The molecule has 0 aliphatic carbocycles. The molecule has 2 aliphatic rings. The molecule has 2 rings (SSSR count). The molecular formula is C11H20N4O2. The molecule has 2 N–H and O–H groups in total. The Balaban J connectivity index is 1.85. The van der Waals surface area contributed by atoms with Gasteiger partial charge in [-0.25, -0.2) is 4.79 Å². The molecule has 1 atom stereocenters. The van der Waals surface area contributed by atoms with E-state index in [1.54, 1.807) is 4.90 Å². The summed E-state index contributed by atoms with van der Waals surface area (Å²) in [5.74, 6) is -0.0620. The van der Waals surface area contributed by atoms with E-state index in [4.69, 9.17) is 0 Å². The number of nitrogens with one attached hydrogen (secondary N) is 2. The van der Waals surface area contributed by atoms with Crippen molar-refractivity contribution >= 4 is 11.9 Å². The summed E-state index contributed by atoms with van der Waals surface area (Å²) >= 11 is 0. The number of nitrogens with zero attached hydrogens (tertiary/aromatic N) is 2. The Morgan fingerprint density at radius 2 is 2.41 bits per heavy atom. The number of amides is 3. The van der Waals surface area contributed by atoms with Gasteiger partial charge >= 0.3 is 6.03 Å². The van der Waals surface area contributed by atoms with Gasteiger partial charge in [0.2, 0.25) is 5.91 Å². The average molecular weight is 240 g/mol. The summed E-state index contributed by atoms with van der Waals surface area (Å²) in [6, 6.07) is 0.235. The molecule has 6 heteroatoms. The standard InChI is InChI=1S/C11H20N4O2/c1-2-3-13-10(16)8-14-7-9-6-12-4-5-15(9)11(14)17/h9,12H,2-8H2,1H3,(H,13,16). The molecule has 0 aromatic carbocycles. The topological polar surface area (TPSA) is 64.7 Å². The summed E-state index contributed by atoms with van der Waals surface area (Å²) in [6.07, 6.45) is 0.915. The zero-order valence-corrected chi connectivity index (χ0v) is 10.2. The van der Waals surface area contributed by atoms with Crippen molar-refractivity contribution in [2.75, 3.05) is 39.3 Å². The summed E-state index contributed by atoms with van der Waals surface area (Å²) in [5.41, 5.74) is 0. The third-order valence-corrected chi connectivity index (χ3v) is 3.20. The number of carbonyl (C=O) groups is 2. The van der Waals surface area contributed by atoms with Crippen molar-refractivity contribution < 1.29 is 9.59 Å². The predicted molar refractivity (Wildman–Crippen MR) is 63.6 cm³/mol. The SMILES string of the molecule is CCCNC(=O)CN1CC2CNCCN2C1=O. The number of hydrogen-bond donors (Lipinski definition) is 2. The molecule has 0 bridgehead atoms. The van der Waals surface area contributed by atoms with Crippen molar-refractivity contribution in [3.05, 3.63) is 0 Å². The second kappa shape index (κ2) is 5.35. The van der Waals surface area contributed by atoms with Crippen molar-refractivity contribution in [2.45, 2.75) is 19.4 Å². The molecule has 0 aromatic heterocycles. The molecule has 17 heavy (non-hydrogen) atoms. The van der Waals surface area contributed by atoms with Gasteiger partial charge < -0.3 is 20.4 Å². The van der Waals surface area contributed by atoms with Crippen LogP contribution in [0.2, 0.25) is 0 Å². The molecule has 0 spiro atoms. The van der Waals surface area contributed by atoms with Crippen LogP contribution < -0.4 is 10.6 Å². The Hall–Kier alpha value is -1.30. The molecule has 6 nitrogen and oxygen atoms in total. The molecular weight excluding hydrogens is 220 g/mol. The number of piperazine rings is 1. The summed E-state index contributed by atoms with van der Waals surface area (Å²) in [4.78, 5) is 27.1. The zero-order valence-electron chi connectivity index (χ0n) is 10.2. The molecule has 3 amide bonds. The summed E-state index contributed by atoms with van der Waals surface area (Å²) in [7, 11) is 0. The lowest BCUT2D eigenvalue weighted by Crippen LogP contribution is -2.50. The van der Waals surface area contributed by atoms with E-state index in [1.165, 1.54) is 0 Å². The zero-order chi connectivity index (χ0) is 12.3. The van der Waals surface area contributed by atoms with Crippen LogP contribution in [0.15, 0.2) is 0 Å².